The number of aldehydes is 1. The predicted molar refractivity (Wildman–Crippen MR) is 96.2 cm³/mol. The number of phenols is 1. The lowest BCUT2D eigenvalue weighted by atomic mass is 10.1. The van der Waals surface area contributed by atoms with E-state index in [-0.39, 0.29) is 23.7 Å². The Kier molecular flexibility index (Phi) is 7.07. The van der Waals surface area contributed by atoms with Crippen molar-refractivity contribution in [3.8, 4) is 23.3 Å². The number of ether oxygens (including phenoxy) is 2. The highest BCUT2D eigenvalue weighted by Crippen LogP contribution is 2.30. The van der Waals surface area contributed by atoms with Crippen LogP contribution in [0.4, 0.5) is 4.79 Å². The Balaban J connectivity index is 1.80. The molecule has 0 spiro atoms. The predicted octanol–water partition coefficient (Wildman–Crippen LogP) is 2.88. The smallest absolute Gasteiger partial charge is 0.407 e. The van der Waals surface area contributed by atoms with Gasteiger partial charge in [-0.15, -0.1) is 0 Å². The Labute approximate surface area is 151 Å². The first-order valence-electron chi connectivity index (χ1n) is 7.93. The largest absolute Gasteiger partial charge is 0.504 e. The molecule has 0 aliphatic heterocycles. The highest BCUT2D eigenvalue weighted by atomic mass is 16.5. The maximum Gasteiger partial charge on any atom is 0.407 e. The fourth-order valence-electron chi connectivity index (χ4n) is 2.11. The summed E-state index contributed by atoms with van der Waals surface area (Å²) in [5.41, 5.74) is 1.55. The van der Waals surface area contributed by atoms with Gasteiger partial charge < -0.3 is 19.9 Å². The van der Waals surface area contributed by atoms with Gasteiger partial charge >= 0.3 is 6.09 Å². The minimum Gasteiger partial charge on any atom is -0.504 e. The van der Waals surface area contributed by atoms with E-state index in [9.17, 15) is 14.7 Å². The number of methoxy groups -OCH3 is 1. The van der Waals surface area contributed by atoms with Crippen LogP contribution in [0.3, 0.4) is 0 Å². The van der Waals surface area contributed by atoms with Crippen molar-refractivity contribution in [2.24, 2.45) is 0 Å². The summed E-state index contributed by atoms with van der Waals surface area (Å²) < 4.78 is 10.1. The van der Waals surface area contributed by atoms with Gasteiger partial charge in [-0.2, -0.15) is 0 Å². The molecule has 1 amide bonds. The van der Waals surface area contributed by atoms with Gasteiger partial charge in [-0.3, -0.25) is 4.79 Å². The highest BCUT2D eigenvalue weighted by Gasteiger charge is 2.08. The Morgan fingerprint density at radius 2 is 2.04 bits per heavy atom. The standard InChI is InChI=1S/C20H19NO5/c1-25-18-12-16(11-17(13-22)19(18)23)9-5-6-10-21-20(24)26-14-15-7-3-2-4-8-15/h2-4,7-8,11-13,23H,6,10,14H2,1H3,(H,21,24). The fraction of sp³-hybridized carbons (Fsp3) is 0.200. The van der Waals surface area contributed by atoms with Crippen molar-refractivity contribution in [2.45, 2.75) is 13.0 Å². The Morgan fingerprint density at radius 3 is 2.73 bits per heavy atom. The number of alkyl carbamates (subject to hydrolysis) is 1. The summed E-state index contributed by atoms with van der Waals surface area (Å²) in [5.74, 6) is 5.71. The molecule has 0 fully saturated rings. The van der Waals surface area contributed by atoms with Gasteiger partial charge in [0.2, 0.25) is 0 Å². The van der Waals surface area contributed by atoms with E-state index in [2.05, 4.69) is 17.2 Å². The number of aromatic hydroxyl groups is 1. The third-order valence-corrected chi connectivity index (χ3v) is 3.42. The van der Waals surface area contributed by atoms with Crippen molar-refractivity contribution in [3.63, 3.8) is 0 Å². The molecule has 0 heterocycles. The normalized spacial score (nSPS) is 9.58. The van der Waals surface area contributed by atoms with Gasteiger partial charge in [-0.05, 0) is 17.7 Å². The number of amides is 1. The molecule has 6 heteroatoms. The first-order chi connectivity index (χ1) is 12.6. The van der Waals surface area contributed by atoms with E-state index in [0.29, 0.717) is 24.8 Å². The van der Waals surface area contributed by atoms with E-state index in [1.807, 2.05) is 30.3 Å². The van der Waals surface area contributed by atoms with E-state index >= 15 is 0 Å². The second-order valence-corrected chi connectivity index (χ2v) is 5.27. The lowest BCUT2D eigenvalue weighted by molar-refractivity contribution is 0.112. The zero-order valence-electron chi connectivity index (χ0n) is 14.3. The first kappa shape index (κ1) is 18.9. The maximum absolute atomic E-state index is 11.6. The summed E-state index contributed by atoms with van der Waals surface area (Å²) in [6.07, 6.45) is 0.429. The van der Waals surface area contributed by atoms with Crippen molar-refractivity contribution in [1.29, 1.82) is 0 Å². The molecule has 0 aliphatic carbocycles. The molecule has 0 unspecified atom stereocenters. The van der Waals surface area contributed by atoms with Crippen molar-refractivity contribution >= 4 is 12.4 Å². The van der Waals surface area contributed by atoms with Gasteiger partial charge in [-0.25, -0.2) is 4.79 Å². The minimum atomic E-state index is -0.509. The zero-order chi connectivity index (χ0) is 18.8. The molecular weight excluding hydrogens is 334 g/mol. The molecule has 2 N–H and O–H groups in total. The summed E-state index contributed by atoms with van der Waals surface area (Å²) >= 11 is 0. The van der Waals surface area contributed by atoms with Crippen LogP contribution in [0.2, 0.25) is 0 Å². The molecule has 2 aromatic rings. The van der Waals surface area contributed by atoms with Crippen LogP contribution in [-0.2, 0) is 11.3 Å². The average Bonchev–Trinajstić information content (AvgIpc) is 2.67. The lowest BCUT2D eigenvalue weighted by Crippen LogP contribution is -2.24. The topological polar surface area (TPSA) is 84.9 Å². The molecule has 0 aromatic heterocycles. The second kappa shape index (κ2) is 9.74. The number of carbonyl (C=O) groups is 2. The Bertz CT molecular complexity index is 821. The van der Waals surface area contributed by atoms with E-state index in [1.165, 1.54) is 19.2 Å². The fourth-order valence-corrected chi connectivity index (χ4v) is 2.11. The quantitative estimate of drug-likeness (QED) is 0.474. The molecule has 0 saturated carbocycles. The SMILES string of the molecule is COc1cc(C#CCCNC(=O)OCc2ccccc2)cc(C=O)c1O. The van der Waals surface area contributed by atoms with Gasteiger partial charge in [0.15, 0.2) is 17.8 Å². The number of benzene rings is 2. The monoisotopic (exact) mass is 353 g/mol. The van der Waals surface area contributed by atoms with Crippen molar-refractivity contribution in [2.75, 3.05) is 13.7 Å². The average molecular weight is 353 g/mol. The van der Waals surface area contributed by atoms with Crippen LogP contribution in [0, 0.1) is 11.8 Å². The number of phenolic OH excluding ortho intramolecular Hbond substituents is 1. The summed E-state index contributed by atoms with van der Waals surface area (Å²) in [5, 5.41) is 12.4. The molecule has 0 saturated heterocycles. The van der Waals surface area contributed by atoms with Crippen LogP contribution in [0.1, 0.15) is 27.9 Å². The third-order valence-electron chi connectivity index (χ3n) is 3.42. The summed E-state index contributed by atoms with van der Waals surface area (Å²) in [6.45, 7) is 0.538. The van der Waals surface area contributed by atoms with Crippen LogP contribution in [0.5, 0.6) is 11.5 Å². The molecule has 0 bridgehead atoms. The first-order valence-corrected chi connectivity index (χ1v) is 7.93. The van der Waals surface area contributed by atoms with Crippen LogP contribution in [0.15, 0.2) is 42.5 Å². The molecule has 2 rings (SSSR count). The minimum absolute atomic E-state index is 0.108. The third kappa shape index (κ3) is 5.56. The molecule has 134 valence electrons. The second-order valence-electron chi connectivity index (χ2n) is 5.27. The number of hydrogen-bond donors (Lipinski definition) is 2. The maximum atomic E-state index is 11.6. The Morgan fingerprint density at radius 1 is 1.27 bits per heavy atom. The molecule has 0 aliphatic rings. The zero-order valence-corrected chi connectivity index (χ0v) is 14.3. The number of nitrogens with one attached hydrogen (secondary N) is 1. The van der Waals surface area contributed by atoms with E-state index in [1.54, 1.807) is 0 Å². The van der Waals surface area contributed by atoms with Crippen LogP contribution >= 0.6 is 0 Å². The van der Waals surface area contributed by atoms with Crippen LogP contribution in [-0.4, -0.2) is 31.1 Å². The summed E-state index contributed by atoms with van der Waals surface area (Å²) in [6, 6.07) is 12.4. The van der Waals surface area contributed by atoms with Crippen LogP contribution in [0.25, 0.3) is 0 Å². The van der Waals surface area contributed by atoms with Crippen molar-refractivity contribution in [3.05, 3.63) is 59.2 Å². The van der Waals surface area contributed by atoms with Gasteiger partial charge in [0, 0.05) is 18.5 Å². The number of rotatable bonds is 6. The summed E-state index contributed by atoms with van der Waals surface area (Å²) in [4.78, 5) is 22.5. The van der Waals surface area contributed by atoms with Gasteiger partial charge in [0.25, 0.3) is 0 Å². The number of hydrogen-bond acceptors (Lipinski definition) is 5. The molecule has 2 aromatic carbocycles. The Hall–Kier alpha value is -3.46. The van der Waals surface area contributed by atoms with E-state index < -0.39 is 6.09 Å². The van der Waals surface area contributed by atoms with Gasteiger partial charge in [0.1, 0.15) is 6.61 Å². The van der Waals surface area contributed by atoms with Gasteiger partial charge in [-0.1, -0.05) is 42.2 Å². The molecular formula is C20H19NO5. The molecule has 0 atom stereocenters. The number of carbonyl (C=O) groups excluding carboxylic acids is 2. The molecule has 6 nitrogen and oxygen atoms in total. The van der Waals surface area contributed by atoms with E-state index in [0.717, 1.165) is 5.56 Å². The van der Waals surface area contributed by atoms with E-state index in [4.69, 9.17) is 9.47 Å². The van der Waals surface area contributed by atoms with Crippen LogP contribution < -0.4 is 10.1 Å². The lowest BCUT2D eigenvalue weighted by Gasteiger charge is -2.06. The molecule has 0 radical (unpaired) electrons. The van der Waals surface area contributed by atoms with Crippen molar-refractivity contribution in [1.82, 2.24) is 5.32 Å². The summed E-state index contributed by atoms with van der Waals surface area (Å²) in [7, 11) is 1.39. The highest BCUT2D eigenvalue weighted by molar-refractivity contribution is 5.82. The van der Waals surface area contributed by atoms with Crippen molar-refractivity contribution < 1.29 is 24.2 Å². The van der Waals surface area contributed by atoms with Gasteiger partial charge in [0.05, 0.1) is 12.7 Å². The molecule has 26 heavy (non-hydrogen) atoms.